The number of carbonyl (C=O) groups is 2. The first kappa shape index (κ1) is 15.5. The van der Waals surface area contributed by atoms with Crippen LogP contribution in [0.25, 0.3) is 0 Å². The summed E-state index contributed by atoms with van der Waals surface area (Å²) in [7, 11) is 0. The summed E-state index contributed by atoms with van der Waals surface area (Å²) >= 11 is 0. The Hall–Kier alpha value is -1.88. The average molecular weight is 291 g/mol. The number of aromatic carboxylic acids is 1. The van der Waals surface area contributed by atoms with Crippen molar-refractivity contribution < 1.29 is 19.8 Å². The highest BCUT2D eigenvalue weighted by atomic mass is 16.4. The van der Waals surface area contributed by atoms with Crippen LogP contribution in [0, 0.1) is 5.92 Å². The van der Waals surface area contributed by atoms with Gasteiger partial charge in [-0.1, -0.05) is 18.2 Å². The van der Waals surface area contributed by atoms with Crippen LogP contribution in [0.15, 0.2) is 24.3 Å². The van der Waals surface area contributed by atoms with E-state index in [1.165, 1.54) is 6.07 Å². The molecule has 1 aliphatic carbocycles. The molecule has 1 saturated carbocycles. The molecule has 0 aliphatic heterocycles. The lowest BCUT2D eigenvalue weighted by atomic mass is 9.87. The Morgan fingerprint density at radius 1 is 1.14 bits per heavy atom. The average Bonchev–Trinajstić information content (AvgIpc) is 2.47. The summed E-state index contributed by atoms with van der Waals surface area (Å²) in [5, 5.41) is 21.4. The molecule has 1 fully saturated rings. The number of aliphatic hydroxyl groups is 1. The van der Waals surface area contributed by atoms with E-state index < -0.39 is 5.97 Å². The van der Waals surface area contributed by atoms with Crippen LogP contribution in [0.3, 0.4) is 0 Å². The van der Waals surface area contributed by atoms with Crippen LogP contribution < -0.4 is 5.32 Å². The first-order chi connectivity index (χ1) is 10.1. The van der Waals surface area contributed by atoms with E-state index in [0.29, 0.717) is 18.0 Å². The van der Waals surface area contributed by atoms with Gasteiger partial charge in [0.15, 0.2) is 0 Å². The van der Waals surface area contributed by atoms with Gasteiger partial charge < -0.3 is 15.5 Å². The minimum absolute atomic E-state index is 0.0812. The number of carboxylic acids is 1. The highest BCUT2D eigenvalue weighted by molar-refractivity contribution is 5.91. The Balaban J connectivity index is 1.83. The molecule has 0 unspecified atom stereocenters. The molecule has 0 saturated heterocycles. The third-order valence-corrected chi connectivity index (χ3v) is 4.00. The minimum Gasteiger partial charge on any atom is -0.478 e. The number of aliphatic hydroxyl groups excluding tert-OH is 1. The van der Waals surface area contributed by atoms with E-state index >= 15 is 0 Å². The monoisotopic (exact) mass is 291 g/mol. The van der Waals surface area contributed by atoms with E-state index in [1.807, 2.05) is 0 Å². The van der Waals surface area contributed by atoms with Crippen LogP contribution >= 0.6 is 0 Å². The van der Waals surface area contributed by atoms with Crippen molar-refractivity contribution in [2.75, 3.05) is 6.54 Å². The fourth-order valence-electron chi connectivity index (χ4n) is 2.73. The van der Waals surface area contributed by atoms with Gasteiger partial charge >= 0.3 is 5.97 Å². The van der Waals surface area contributed by atoms with Crippen molar-refractivity contribution >= 4 is 11.9 Å². The smallest absolute Gasteiger partial charge is 0.335 e. The Bertz CT molecular complexity index is 507. The number of hydrogen-bond acceptors (Lipinski definition) is 3. The highest BCUT2D eigenvalue weighted by Crippen LogP contribution is 2.23. The van der Waals surface area contributed by atoms with Gasteiger partial charge in [-0.05, 0) is 43.2 Å². The summed E-state index contributed by atoms with van der Waals surface area (Å²) in [5.41, 5.74) is 0.704. The van der Waals surface area contributed by atoms with E-state index in [4.69, 9.17) is 5.11 Å². The normalized spacial score (nSPS) is 21.8. The predicted molar refractivity (Wildman–Crippen MR) is 78.1 cm³/mol. The zero-order chi connectivity index (χ0) is 15.2. The fourth-order valence-corrected chi connectivity index (χ4v) is 2.73. The van der Waals surface area contributed by atoms with E-state index in [0.717, 1.165) is 25.7 Å². The van der Waals surface area contributed by atoms with Gasteiger partial charge in [-0.2, -0.15) is 0 Å². The number of amides is 1. The highest BCUT2D eigenvalue weighted by Gasteiger charge is 2.20. The Labute approximate surface area is 124 Å². The second-order valence-corrected chi connectivity index (χ2v) is 5.62. The quantitative estimate of drug-likeness (QED) is 0.769. The molecule has 3 N–H and O–H groups in total. The second-order valence-electron chi connectivity index (χ2n) is 5.62. The van der Waals surface area contributed by atoms with Gasteiger partial charge in [0.05, 0.1) is 18.1 Å². The molecule has 114 valence electrons. The molecular weight excluding hydrogens is 270 g/mol. The number of rotatable bonds is 5. The molecule has 0 atom stereocenters. The van der Waals surface area contributed by atoms with E-state index in [9.17, 15) is 14.7 Å². The topological polar surface area (TPSA) is 86.6 Å². The third-order valence-electron chi connectivity index (χ3n) is 4.00. The fraction of sp³-hybridized carbons (Fsp3) is 0.500. The maximum absolute atomic E-state index is 11.9. The van der Waals surface area contributed by atoms with Crippen molar-refractivity contribution in [3.8, 4) is 0 Å². The summed E-state index contributed by atoms with van der Waals surface area (Å²) in [6.45, 7) is 0.598. The van der Waals surface area contributed by atoms with Crippen LogP contribution in [0.5, 0.6) is 0 Å². The zero-order valence-electron chi connectivity index (χ0n) is 11.9. The van der Waals surface area contributed by atoms with Gasteiger partial charge in [0.1, 0.15) is 0 Å². The van der Waals surface area contributed by atoms with Crippen molar-refractivity contribution in [2.24, 2.45) is 5.92 Å². The molecule has 1 aliphatic rings. The van der Waals surface area contributed by atoms with Crippen LogP contribution in [-0.2, 0) is 11.2 Å². The Morgan fingerprint density at radius 3 is 2.48 bits per heavy atom. The zero-order valence-corrected chi connectivity index (χ0v) is 11.9. The molecule has 0 aromatic heterocycles. The lowest BCUT2D eigenvalue weighted by molar-refractivity contribution is -0.120. The van der Waals surface area contributed by atoms with Crippen LogP contribution in [0.4, 0.5) is 0 Å². The molecule has 5 nitrogen and oxygen atoms in total. The summed E-state index contributed by atoms with van der Waals surface area (Å²) in [6.07, 6.45) is 3.32. The first-order valence-electron chi connectivity index (χ1n) is 7.32. The molecule has 1 aromatic carbocycles. The largest absolute Gasteiger partial charge is 0.478 e. The van der Waals surface area contributed by atoms with Crippen LogP contribution in [0.1, 0.15) is 41.6 Å². The lowest BCUT2D eigenvalue weighted by Crippen LogP contribution is -2.33. The molecule has 0 spiro atoms. The Kier molecular flexibility index (Phi) is 5.33. The van der Waals surface area contributed by atoms with Gasteiger partial charge in [-0.3, -0.25) is 4.79 Å². The van der Waals surface area contributed by atoms with E-state index in [2.05, 4.69) is 5.32 Å². The summed E-state index contributed by atoms with van der Waals surface area (Å²) in [5.74, 6) is -0.762. The van der Waals surface area contributed by atoms with Gasteiger partial charge in [0.2, 0.25) is 5.91 Å². The van der Waals surface area contributed by atoms with Crippen molar-refractivity contribution in [1.82, 2.24) is 5.32 Å². The van der Waals surface area contributed by atoms with E-state index in [1.54, 1.807) is 18.2 Å². The van der Waals surface area contributed by atoms with Crippen molar-refractivity contribution in [3.05, 3.63) is 35.4 Å². The molecule has 2 rings (SSSR count). The predicted octanol–water partition coefficient (Wildman–Crippen LogP) is 1.59. The molecule has 1 aromatic rings. The van der Waals surface area contributed by atoms with Gasteiger partial charge in [0.25, 0.3) is 0 Å². The molecule has 5 heteroatoms. The molecule has 21 heavy (non-hydrogen) atoms. The Morgan fingerprint density at radius 2 is 1.81 bits per heavy atom. The molecule has 0 heterocycles. The molecule has 0 radical (unpaired) electrons. The van der Waals surface area contributed by atoms with Gasteiger partial charge in [-0.15, -0.1) is 0 Å². The van der Waals surface area contributed by atoms with Gasteiger partial charge in [0, 0.05) is 6.54 Å². The number of hydrogen-bond donors (Lipinski definition) is 3. The first-order valence-corrected chi connectivity index (χ1v) is 7.32. The number of benzene rings is 1. The number of nitrogens with one attached hydrogen (secondary N) is 1. The van der Waals surface area contributed by atoms with Crippen LogP contribution in [-0.4, -0.2) is 34.7 Å². The molecule has 1 amide bonds. The van der Waals surface area contributed by atoms with Crippen LogP contribution in [0.2, 0.25) is 0 Å². The maximum atomic E-state index is 11.9. The van der Waals surface area contributed by atoms with Crippen molar-refractivity contribution in [2.45, 2.75) is 38.2 Å². The number of carbonyl (C=O) groups excluding carboxylic acids is 1. The maximum Gasteiger partial charge on any atom is 0.335 e. The molecule has 0 bridgehead atoms. The van der Waals surface area contributed by atoms with Crippen molar-refractivity contribution in [3.63, 3.8) is 0 Å². The van der Waals surface area contributed by atoms with Crippen molar-refractivity contribution in [1.29, 1.82) is 0 Å². The second kappa shape index (κ2) is 7.22. The third kappa shape index (κ3) is 4.56. The summed E-state index contributed by atoms with van der Waals surface area (Å²) in [6, 6.07) is 6.56. The lowest BCUT2D eigenvalue weighted by Gasteiger charge is -2.25. The SMILES string of the molecule is O=C(Cc1ccccc1C(=O)O)NCC1CCC(O)CC1. The minimum atomic E-state index is -1.01. The number of carboxylic acid groups (broad SMARTS) is 1. The van der Waals surface area contributed by atoms with Gasteiger partial charge in [-0.25, -0.2) is 4.79 Å². The van der Waals surface area contributed by atoms with E-state index in [-0.39, 0.29) is 24.0 Å². The molecular formula is C16H21NO4. The summed E-state index contributed by atoms with van der Waals surface area (Å²) in [4.78, 5) is 23.0. The summed E-state index contributed by atoms with van der Waals surface area (Å²) < 4.78 is 0. The standard InChI is InChI=1S/C16H21NO4/c18-13-7-5-11(6-8-13)10-17-15(19)9-12-3-1-2-4-14(12)16(20)21/h1-4,11,13,18H,5-10H2,(H,17,19)(H,20,21).